The molecule has 0 aliphatic carbocycles. The molecule has 1 N–H and O–H groups in total. The molecular formula is C16H24BrNO3. The zero-order valence-electron chi connectivity index (χ0n) is 12.6. The average molecular weight is 358 g/mol. The molecule has 2 rings (SSSR count). The fourth-order valence-electron chi connectivity index (χ4n) is 2.56. The first-order valence-corrected chi connectivity index (χ1v) is 8.27. The van der Waals surface area contributed by atoms with Crippen LogP contribution in [0.4, 0.5) is 0 Å². The van der Waals surface area contributed by atoms with E-state index < -0.39 is 0 Å². The Morgan fingerprint density at radius 2 is 2.05 bits per heavy atom. The minimum Gasteiger partial charge on any atom is -0.490 e. The van der Waals surface area contributed by atoms with E-state index in [-0.39, 0.29) is 0 Å². The first-order valence-electron chi connectivity index (χ1n) is 7.48. The van der Waals surface area contributed by atoms with Gasteiger partial charge in [-0.15, -0.1) is 0 Å². The predicted molar refractivity (Wildman–Crippen MR) is 86.8 cm³/mol. The lowest BCUT2D eigenvalue weighted by molar-refractivity contribution is -0.0388. The van der Waals surface area contributed by atoms with Crippen LogP contribution in [0.3, 0.4) is 0 Å². The number of benzene rings is 1. The van der Waals surface area contributed by atoms with Crippen molar-refractivity contribution in [1.29, 1.82) is 0 Å². The molecule has 0 aromatic heterocycles. The second-order valence-electron chi connectivity index (χ2n) is 5.33. The van der Waals surface area contributed by atoms with E-state index in [2.05, 4.69) is 39.4 Å². The van der Waals surface area contributed by atoms with Gasteiger partial charge in [0.15, 0.2) is 0 Å². The fourth-order valence-corrected chi connectivity index (χ4v) is 2.92. The normalized spacial score (nSPS) is 16.1. The standard InChI is InChI=1S/C16H24BrNO3/c1-19-12-20-8-9-21-16-11-14(2-3-15(16)17)10-13-4-6-18-7-5-13/h2-3,11,13,18H,4-10,12H2,1H3. The smallest absolute Gasteiger partial charge is 0.146 e. The van der Waals surface area contributed by atoms with Gasteiger partial charge in [0.25, 0.3) is 0 Å². The van der Waals surface area contributed by atoms with E-state index in [4.69, 9.17) is 14.2 Å². The van der Waals surface area contributed by atoms with E-state index in [1.54, 1.807) is 7.11 Å². The summed E-state index contributed by atoms with van der Waals surface area (Å²) in [7, 11) is 1.61. The average Bonchev–Trinajstić information content (AvgIpc) is 2.51. The maximum absolute atomic E-state index is 5.77. The van der Waals surface area contributed by atoms with Crippen LogP contribution in [0.1, 0.15) is 18.4 Å². The van der Waals surface area contributed by atoms with Crippen LogP contribution >= 0.6 is 15.9 Å². The highest BCUT2D eigenvalue weighted by atomic mass is 79.9. The fraction of sp³-hybridized carbons (Fsp3) is 0.625. The lowest BCUT2D eigenvalue weighted by Gasteiger charge is -2.22. The van der Waals surface area contributed by atoms with Gasteiger partial charge in [-0.05, 0) is 71.9 Å². The molecule has 5 heteroatoms. The van der Waals surface area contributed by atoms with Gasteiger partial charge in [-0.2, -0.15) is 0 Å². The molecule has 1 aliphatic rings. The van der Waals surface area contributed by atoms with Crippen LogP contribution in [-0.4, -0.2) is 40.2 Å². The van der Waals surface area contributed by atoms with Crippen LogP contribution in [0.2, 0.25) is 0 Å². The molecule has 1 aromatic carbocycles. The second kappa shape index (κ2) is 9.41. The number of hydrogen-bond acceptors (Lipinski definition) is 4. The number of halogens is 1. The van der Waals surface area contributed by atoms with E-state index in [1.807, 2.05) is 0 Å². The summed E-state index contributed by atoms with van der Waals surface area (Å²) in [6.45, 7) is 3.64. The Labute approximate surface area is 135 Å². The molecule has 4 nitrogen and oxygen atoms in total. The summed E-state index contributed by atoms with van der Waals surface area (Å²) in [4.78, 5) is 0. The number of rotatable bonds is 8. The largest absolute Gasteiger partial charge is 0.490 e. The van der Waals surface area contributed by atoms with Crippen LogP contribution in [-0.2, 0) is 15.9 Å². The second-order valence-corrected chi connectivity index (χ2v) is 6.18. The van der Waals surface area contributed by atoms with E-state index in [0.717, 1.165) is 35.7 Å². The summed E-state index contributed by atoms with van der Waals surface area (Å²) in [5.41, 5.74) is 1.35. The molecule has 0 radical (unpaired) electrons. The Morgan fingerprint density at radius 3 is 2.81 bits per heavy atom. The third kappa shape index (κ3) is 5.94. The Kier molecular flexibility index (Phi) is 7.50. The SMILES string of the molecule is COCOCCOc1cc(CC2CCNCC2)ccc1Br. The molecule has 0 unspecified atom stereocenters. The van der Waals surface area contributed by atoms with Gasteiger partial charge >= 0.3 is 0 Å². The summed E-state index contributed by atoms with van der Waals surface area (Å²) in [6.07, 6.45) is 3.65. The van der Waals surface area contributed by atoms with E-state index in [0.29, 0.717) is 20.0 Å². The van der Waals surface area contributed by atoms with Gasteiger partial charge in [0, 0.05) is 7.11 Å². The third-order valence-corrected chi connectivity index (χ3v) is 4.32. The topological polar surface area (TPSA) is 39.7 Å². The van der Waals surface area contributed by atoms with Gasteiger partial charge in [0.2, 0.25) is 0 Å². The molecule has 0 saturated carbocycles. The minimum absolute atomic E-state index is 0.306. The highest BCUT2D eigenvalue weighted by Gasteiger charge is 2.14. The van der Waals surface area contributed by atoms with Crippen molar-refractivity contribution in [2.24, 2.45) is 5.92 Å². The predicted octanol–water partition coefficient (Wildman–Crippen LogP) is 2.99. The minimum atomic E-state index is 0.306. The number of nitrogens with one attached hydrogen (secondary N) is 1. The van der Waals surface area contributed by atoms with E-state index in [1.165, 1.54) is 18.4 Å². The molecule has 1 aromatic rings. The molecule has 118 valence electrons. The van der Waals surface area contributed by atoms with Crippen molar-refractivity contribution in [2.75, 3.05) is 40.2 Å². The zero-order valence-corrected chi connectivity index (χ0v) is 14.2. The number of piperidine rings is 1. The van der Waals surface area contributed by atoms with Crippen LogP contribution in [0, 0.1) is 5.92 Å². The van der Waals surface area contributed by atoms with Gasteiger partial charge < -0.3 is 19.5 Å². The van der Waals surface area contributed by atoms with Gasteiger partial charge in [0.05, 0.1) is 11.1 Å². The van der Waals surface area contributed by atoms with Crippen molar-refractivity contribution in [3.8, 4) is 5.75 Å². The Balaban J connectivity index is 1.84. The quantitative estimate of drug-likeness (QED) is 0.573. The lowest BCUT2D eigenvalue weighted by Crippen LogP contribution is -2.28. The van der Waals surface area contributed by atoms with Crippen molar-refractivity contribution in [3.05, 3.63) is 28.2 Å². The number of hydrogen-bond donors (Lipinski definition) is 1. The van der Waals surface area contributed by atoms with Crippen LogP contribution in [0.5, 0.6) is 5.75 Å². The molecule has 0 spiro atoms. The monoisotopic (exact) mass is 357 g/mol. The summed E-state index contributed by atoms with van der Waals surface area (Å²) in [5, 5.41) is 3.41. The van der Waals surface area contributed by atoms with E-state index >= 15 is 0 Å². The van der Waals surface area contributed by atoms with Crippen molar-refractivity contribution >= 4 is 15.9 Å². The highest BCUT2D eigenvalue weighted by molar-refractivity contribution is 9.10. The molecule has 21 heavy (non-hydrogen) atoms. The van der Waals surface area contributed by atoms with Gasteiger partial charge in [0.1, 0.15) is 19.1 Å². The Morgan fingerprint density at radius 1 is 1.24 bits per heavy atom. The van der Waals surface area contributed by atoms with E-state index in [9.17, 15) is 0 Å². The highest BCUT2D eigenvalue weighted by Crippen LogP contribution is 2.28. The molecule has 1 fully saturated rings. The van der Waals surface area contributed by atoms with Crippen molar-refractivity contribution in [1.82, 2.24) is 5.32 Å². The third-order valence-electron chi connectivity index (χ3n) is 3.67. The summed E-state index contributed by atoms with van der Waals surface area (Å²) in [5.74, 6) is 1.67. The molecule has 1 heterocycles. The van der Waals surface area contributed by atoms with Gasteiger partial charge in [-0.25, -0.2) is 0 Å². The molecule has 0 atom stereocenters. The number of methoxy groups -OCH3 is 1. The zero-order chi connectivity index (χ0) is 14.9. The molecule has 1 saturated heterocycles. The van der Waals surface area contributed by atoms with Crippen LogP contribution in [0.25, 0.3) is 0 Å². The van der Waals surface area contributed by atoms with Gasteiger partial charge in [-0.1, -0.05) is 6.07 Å². The molecule has 0 bridgehead atoms. The molecule has 0 amide bonds. The summed E-state index contributed by atoms with van der Waals surface area (Å²) < 4.78 is 16.8. The molecule has 1 aliphatic heterocycles. The first-order chi connectivity index (χ1) is 10.3. The maximum Gasteiger partial charge on any atom is 0.146 e. The lowest BCUT2D eigenvalue weighted by atomic mass is 9.91. The number of ether oxygens (including phenoxy) is 3. The Hall–Kier alpha value is -0.620. The maximum atomic E-state index is 5.77. The van der Waals surface area contributed by atoms with Crippen LogP contribution < -0.4 is 10.1 Å². The summed E-state index contributed by atoms with van der Waals surface area (Å²) in [6, 6.07) is 6.39. The van der Waals surface area contributed by atoms with Gasteiger partial charge in [-0.3, -0.25) is 0 Å². The Bertz CT molecular complexity index is 422. The van der Waals surface area contributed by atoms with Crippen molar-refractivity contribution in [3.63, 3.8) is 0 Å². The molecular weight excluding hydrogens is 334 g/mol. The summed E-state index contributed by atoms with van der Waals surface area (Å²) >= 11 is 3.54. The van der Waals surface area contributed by atoms with Crippen LogP contribution in [0.15, 0.2) is 22.7 Å². The first kappa shape index (κ1) is 16.7. The van der Waals surface area contributed by atoms with Crippen molar-refractivity contribution < 1.29 is 14.2 Å². The van der Waals surface area contributed by atoms with Crippen molar-refractivity contribution in [2.45, 2.75) is 19.3 Å².